The maximum atomic E-state index is 13.2. The van der Waals surface area contributed by atoms with E-state index in [1.54, 1.807) is 55.5 Å². The van der Waals surface area contributed by atoms with Gasteiger partial charge in [0.1, 0.15) is 12.0 Å². The summed E-state index contributed by atoms with van der Waals surface area (Å²) < 4.78 is 5.90. The Morgan fingerprint density at radius 1 is 1.04 bits per heavy atom. The van der Waals surface area contributed by atoms with E-state index in [9.17, 15) is 14.4 Å². The number of carbonyl (C=O) groups excluding carboxylic acids is 3. The van der Waals surface area contributed by atoms with Gasteiger partial charge in [-0.15, -0.1) is 0 Å². The highest BCUT2D eigenvalue weighted by Crippen LogP contribution is 2.38. The molecule has 0 bridgehead atoms. The monoisotopic (exact) mass is 441 g/mol. The summed E-state index contributed by atoms with van der Waals surface area (Å²) in [5.74, 6) is -2.60. The Hall–Kier alpha value is -3.00. The molecular formula is C20H16BrN3O4. The van der Waals surface area contributed by atoms with Crippen LogP contribution in [0.2, 0.25) is 0 Å². The Morgan fingerprint density at radius 2 is 1.71 bits per heavy atom. The predicted molar refractivity (Wildman–Crippen MR) is 107 cm³/mol. The van der Waals surface area contributed by atoms with Gasteiger partial charge in [-0.2, -0.15) is 5.10 Å². The summed E-state index contributed by atoms with van der Waals surface area (Å²) in [5, 5.41) is 5.74. The highest BCUT2D eigenvalue weighted by molar-refractivity contribution is 9.10. The molecule has 1 fully saturated rings. The number of benzene rings is 2. The van der Waals surface area contributed by atoms with E-state index in [2.05, 4.69) is 21.0 Å². The molecular weight excluding hydrogens is 426 g/mol. The van der Waals surface area contributed by atoms with Crippen LogP contribution in [-0.2, 0) is 19.1 Å². The molecule has 0 unspecified atom stereocenters. The summed E-state index contributed by atoms with van der Waals surface area (Å²) in [5.41, 5.74) is 1.02. The van der Waals surface area contributed by atoms with Crippen molar-refractivity contribution in [3.8, 4) is 0 Å². The van der Waals surface area contributed by atoms with Crippen LogP contribution in [0.4, 0.5) is 11.4 Å². The Kier molecular flexibility index (Phi) is 4.72. The number of carbonyl (C=O) groups is 3. The summed E-state index contributed by atoms with van der Waals surface area (Å²) in [7, 11) is 0. The molecule has 4 rings (SSSR count). The van der Waals surface area contributed by atoms with Crippen LogP contribution in [0.15, 0.2) is 64.2 Å². The molecule has 2 aliphatic rings. The maximum absolute atomic E-state index is 13.2. The molecule has 2 aliphatic heterocycles. The van der Waals surface area contributed by atoms with Gasteiger partial charge in [0, 0.05) is 4.47 Å². The van der Waals surface area contributed by atoms with Crippen LogP contribution in [0.25, 0.3) is 0 Å². The van der Waals surface area contributed by atoms with Gasteiger partial charge < -0.3 is 4.74 Å². The Balaban J connectivity index is 1.78. The quantitative estimate of drug-likeness (QED) is 0.538. The van der Waals surface area contributed by atoms with E-state index >= 15 is 0 Å². The number of nitrogens with zero attached hydrogens (tertiary/aromatic N) is 3. The van der Waals surface area contributed by atoms with Crippen molar-refractivity contribution in [2.75, 3.05) is 16.5 Å². The van der Waals surface area contributed by atoms with Crippen molar-refractivity contribution < 1.29 is 19.1 Å². The van der Waals surface area contributed by atoms with E-state index in [1.165, 1.54) is 5.01 Å². The van der Waals surface area contributed by atoms with Gasteiger partial charge in [0.25, 0.3) is 5.91 Å². The SMILES string of the molecule is CCOC(=O)C1=NN(c2ccccc2)[C@@H]2C(=O)N(c3ccc(Br)cc3)C(=O)[C@H]12. The van der Waals surface area contributed by atoms with Crippen LogP contribution in [-0.4, -0.2) is 36.1 Å². The molecule has 2 amide bonds. The average molecular weight is 442 g/mol. The third-order valence-corrected chi connectivity index (χ3v) is 5.17. The number of esters is 1. The lowest BCUT2D eigenvalue weighted by Crippen LogP contribution is -2.39. The number of imide groups is 1. The molecule has 1 saturated heterocycles. The van der Waals surface area contributed by atoms with Gasteiger partial charge in [-0.25, -0.2) is 9.69 Å². The summed E-state index contributed by atoms with van der Waals surface area (Å²) in [6, 6.07) is 14.9. The highest BCUT2D eigenvalue weighted by Gasteiger charge is 2.59. The topological polar surface area (TPSA) is 79.3 Å². The number of halogens is 1. The molecule has 2 atom stereocenters. The molecule has 0 spiro atoms. The first kappa shape index (κ1) is 18.4. The van der Waals surface area contributed by atoms with Gasteiger partial charge in [-0.05, 0) is 43.3 Å². The molecule has 2 aromatic rings. The standard InChI is InChI=1S/C20H16BrN3O4/c1-2-28-20(27)16-15-17(24(22-16)14-6-4-3-5-7-14)19(26)23(18(15)25)13-10-8-12(21)9-11-13/h3-11,15,17H,2H2,1H3/t15-,17+/m1/s1. The van der Waals surface area contributed by atoms with Gasteiger partial charge in [0.05, 0.1) is 18.0 Å². The van der Waals surface area contributed by atoms with E-state index < -0.39 is 29.7 Å². The smallest absolute Gasteiger partial charge is 0.355 e. The minimum atomic E-state index is -1.00. The molecule has 0 N–H and O–H groups in total. The molecule has 8 heteroatoms. The molecule has 142 valence electrons. The molecule has 0 saturated carbocycles. The van der Waals surface area contributed by atoms with Gasteiger partial charge in [-0.1, -0.05) is 34.1 Å². The van der Waals surface area contributed by atoms with Crippen LogP contribution in [0.3, 0.4) is 0 Å². The number of amides is 2. The third-order valence-electron chi connectivity index (χ3n) is 4.64. The summed E-state index contributed by atoms with van der Waals surface area (Å²) in [6.07, 6.45) is 0. The lowest BCUT2D eigenvalue weighted by molar-refractivity contribution is -0.136. The van der Waals surface area contributed by atoms with Gasteiger partial charge in [-0.3, -0.25) is 14.6 Å². The minimum absolute atomic E-state index is 0.0475. The van der Waals surface area contributed by atoms with Crippen molar-refractivity contribution in [3.05, 3.63) is 59.1 Å². The predicted octanol–water partition coefficient (Wildman–Crippen LogP) is 2.75. The molecule has 28 heavy (non-hydrogen) atoms. The number of para-hydroxylation sites is 1. The number of anilines is 2. The molecule has 2 heterocycles. The highest BCUT2D eigenvalue weighted by atomic mass is 79.9. The fourth-order valence-electron chi connectivity index (χ4n) is 3.43. The van der Waals surface area contributed by atoms with Gasteiger partial charge in [0.15, 0.2) is 5.71 Å². The van der Waals surface area contributed by atoms with Crippen molar-refractivity contribution >= 4 is 50.8 Å². The normalized spacial score (nSPS) is 21.0. The zero-order valence-corrected chi connectivity index (χ0v) is 16.5. The second-order valence-corrected chi connectivity index (χ2v) is 7.21. The van der Waals surface area contributed by atoms with Crippen molar-refractivity contribution in [1.29, 1.82) is 0 Å². The second kappa shape index (κ2) is 7.20. The molecule has 0 aromatic heterocycles. The van der Waals surface area contributed by atoms with E-state index in [0.717, 1.165) is 9.37 Å². The lowest BCUT2D eigenvalue weighted by atomic mass is 9.98. The first-order valence-electron chi connectivity index (χ1n) is 8.76. The molecule has 7 nitrogen and oxygen atoms in total. The fourth-order valence-corrected chi connectivity index (χ4v) is 3.69. The Labute approximate surface area is 169 Å². The number of hydrogen-bond acceptors (Lipinski definition) is 6. The van der Waals surface area contributed by atoms with E-state index in [-0.39, 0.29) is 12.3 Å². The molecule has 0 radical (unpaired) electrons. The summed E-state index contributed by atoms with van der Waals surface area (Å²) >= 11 is 3.34. The van der Waals surface area contributed by atoms with Crippen LogP contribution in [0, 0.1) is 5.92 Å². The summed E-state index contributed by atoms with van der Waals surface area (Å²) in [4.78, 5) is 39.9. The van der Waals surface area contributed by atoms with Crippen molar-refractivity contribution in [2.45, 2.75) is 13.0 Å². The number of fused-ring (bicyclic) bond motifs is 1. The van der Waals surface area contributed by atoms with Gasteiger partial charge >= 0.3 is 5.97 Å². The minimum Gasteiger partial charge on any atom is -0.461 e. The lowest BCUT2D eigenvalue weighted by Gasteiger charge is -2.22. The maximum Gasteiger partial charge on any atom is 0.355 e. The number of ether oxygens (including phenoxy) is 1. The van der Waals surface area contributed by atoms with Gasteiger partial charge in [0.2, 0.25) is 5.91 Å². The average Bonchev–Trinajstić information content (AvgIpc) is 3.21. The first-order valence-corrected chi connectivity index (χ1v) is 9.55. The number of hydrogen-bond donors (Lipinski definition) is 0. The molecule has 2 aromatic carbocycles. The van der Waals surface area contributed by atoms with Crippen molar-refractivity contribution in [1.82, 2.24) is 0 Å². The van der Waals surface area contributed by atoms with E-state index in [1.807, 2.05) is 6.07 Å². The molecule has 0 aliphatic carbocycles. The van der Waals surface area contributed by atoms with Crippen molar-refractivity contribution in [3.63, 3.8) is 0 Å². The first-order chi connectivity index (χ1) is 13.5. The zero-order valence-electron chi connectivity index (χ0n) is 14.9. The fraction of sp³-hybridized carbons (Fsp3) is 0.200. The van der Waals surface area contributed by atoms with E-state index in [0.29, 0.717) is 11.4 Å². The number of rotatable bonds is 4. The number of hydrazone groups is 1. The second-order valence-electron chi connectivity index (χ2n) is 6.30. The van der Waals surface area contributed by atoms with Crippen LogP contribution in [0.5, 0.6) is 0 Å². The Morgan fingerprint density at radius 3 is 2.36 bits per heavy atom. The zero-order chi connectivity index (χ0) is 19.8. The van der Waals surface area contributed by atoms with E-state index in [4.69, 9.17) is 4.74 Å². The van der Waals surface area contributed by atoms with Crippen LogP contribution in [0.1, 0.15) is 6.92 Å². The van der Waals surface area contributed by atoms with Crippen molar-refractivity contribution in [2.24, 2.45) is 11.0 Å². The summed E-state index contributed by atoms with van der Waals surface area (Å²) in [6.45, 7) is 1.83. The van der Waals surface area contributed by atoms with Crippen LogP contribution >= 0.6 is 15.9 Å². The Bertz CT molecular complexity index is 975. The largest absolute Gasteiger partial charge is 0.461 e. The van der Waals surface area contributed by atoms with Crippen LogP contribution < -0.4 is 9.91 Å². The third kappa shape index (κ3) is 2.90.